The fourth-order valence-corrected chi connectivity index (χ4v) is 3.01. The van der Waals surface area contributed by atoms with Gasteiger partial charge in [0.25, 0.3) is 0 Å². The summed E-state index contributed by atoms with van der Waals surface area (Å²) in [4.78, 5) is 12.4. The van der Waals surface area contributed by atoms with Crippen LogP contribution in [0.3, 0.4) is 0 Å². The van der Waals surface area contributed by atoms with E-state index >= 15 is 0 Å². The van der Waals surface area contributed by atoms with E-state index < -0.39 is 17.9 Å². The average Bonchev–Trinajstić information content (AvgIpc) is 2.66. The number of hydrogen-bond donors (Lipinski definition) is 1. The summed E-state index contributed by atoms with van der Waals surface area (Å²) < 4.78 is 27.9. The smallest absolute Gasteiger partial charge is 0.227 e. The van der Waals surface area contributed by atoms with Gasteiger partial charge in [0.15, 0.2) is 0 Å². The Morgan fingerprint density at radius 3 is 2.65 bits per heavy atom. The first-order valence-corrected chi connectivity index (χ1v) is 8.67. The van der Waals surface area contributed by atoms with Crippen LogP contribution in [0, 0.1) is 5.82 Å². The molecule has 3 rings (SSSR count). The van der Waals surface area contributed by atoms with Crippen LogP contribution in [-0.4, -0.2) is 18.6 Å². The third-order valence-electron chi connectivity index (χ3n) is 4.57. The van der Waals surface area contributed by atoms with Crippen molar-refractivity contribution in [2.45, 2.75) is 25.4 Å². The molecule has 0 radical (unpaired) electrons. The number of hydrogen-bond acceptors (Lipinski definition) is 1. The molecule has 1 N–H and O–H groups in total. The molecule has 0 saturated carbocycles. The summed E-state index contributed by atoms with van der Waals surface area (Å²) in [6.07, 6.45) is 4.22. The molecular formula is C22H21F2NO. The van der Waals surface area contributed by atoms with E-state index in [4.69, 9.17) is 0 Å². The van der Waals surface area contributed by atoms with Crippen molar-refractivity contribution in [3.63, 3.8) is 0 Å². The summed E-state index contributed by atoms with van der Waals surface area (Å²) in [5.74, 6) is -1.31. The van der Waals surface area contributed by atoms with Crippen molar-refractivity contribution in [3.8, 4) is 11.1 Å². The highest BCUT2D eigenvalue weighted by Gasteiger charge is 2.20. The number of carbonyl (C=O) groups excluding carboxylic acids is 1. The molecule has 0 heterocycles. The number of carbonyl (C=O) groups is 1. The SMILES string of the molecule is CC(C(=O)NCC1=CC=C[C@H](F)C1)c1ccc(-c2ccccc2)cc1F. The Hall–Kier alpha value is -2.75. The molecule has 2 aromatic carbocycles. The molecule has 2 aromatic rings. The number of rotatable bonds is 5. The normalized spacial score (nSPS) is 17.5. The summed E-state index contributed by atoms with van der Waals surface area (Å²) in [5.41, 5.74) is 2.87. The second-order valence-corrected chi connectivity index (χ2v) is 6.47. The maximum atomic E-state index is 14.5. The van der Waals surface area contributed by atoms with Crippen molar-refractivity contribution in [1.82, 2.24) is 5.32 Å². The van der Waals surface area contributed by atoms with E-state index in [1.165, 1.54) is 12.1 Å². The zero-order valence-corrected chi connectivity index (χ0v) is 14.6. The molecule has 1 amide bonds. The Labute approximate surface area is 152 Å². The van der Waals surface area contributed by atoms with Gasteiger partial charge in [-0.2, -0.15) is 0 Å². The zero-order chi connectivity index (χ0) is 18.5. The molecule has 4 heteroatoms. The van der Waals surface area contributed by atoms with E-state index in [1.54, 1.807) is 25.1 Å². The minimum absolute atomic E-state index is 0.275. The van der Waals surface area contributed by atoms with Crippen molar-refractivity contribution in [3.05, 3.63) is 83.7 Å². The van der Waals surface area contributed by atoms with Crippen LogP contribution < -0.4 is 5.32 Å². The summed E-state index contributed by atoms with van der Waals surface area (Å²) >= 11 is 0. The van der Waals surface area contributed by atoms with Crippen LogP contribution in [0.1, 0.15) is 24.8 Å². The van der Waals surface area contributed by atoms with Crippen LogP contribution in [0.2, 0.25) is 0 Å². The highest BCUT2D eigenvalue weighted by atomic mass is 19.1. The van der Waals surface area contributed by atoms with E-state index in [0.29, 0.717) is 5.56 Å². The number of benzene rings is 2. The maximum Gasteiger partial charge on any atom is 0.227 e. The van der Waals surface area contributed by atoms with Crippen LogP contribution in [0.15, 0.2) is 72.3 Å². The van der Waals surface area contributed by atoms with Crippen LogP contribution in [0.25, 0.3) is 11.1 Å². The van der Waals surface area contributed by atoms with E-state index in [9.17, 15) is 13.6 Å². The molecule has 26 heavy (non-hydrogen) atoms. The minimum Gasteiger partial charge on any atom is -0.352 e. The predicted molar refractivity (Wildman–Crippen MR) is 100.0 cm³/mol. The fourth-order valence-electron chi connectivity index (χ4n) is 3.01. The number of allylic oxidation sites excluding steroid dienone is 3. The lowest BCUT2D eigenvalue weighted by atomic mass is 9.96. The van der Waals surface area contributed by atoms with Crippen LogP contribution in [0.5, 0.6) is 0 Å². The van der Waals surface area contributed by atoms with Gasteiger partial charge in [0, 0.05) is 13.0 Å². The third kappa shape index (κ3) is 4.26. The highest BCUT2D eigenvalue weighted by molar-refractivity contribution is 5.83. The molecule has 0 spiro atoms. The third-order valence-corrected chi connectivity index (χ3v) is 4.57. The minimum atomic E-state index is -1.01. The Kier molecular flexibility index (Phi) is 5.61. The molecule has 0 aliphatic heterocycles. The van der Waals surface area contributed by atoms with Gasteiger partial charge in [-0.25, -0.2) is 8.78 Å². The Morgan fingerprint density at radius 1 is 1.19 bits per heavy atom. The lowest BCUT2D eigenvalue weighted by molar-refractivity contribution is -0.122. The molecule has 1 unspecified atom stereocenters. The first-order chi connectivity index (χ1) is 12.5. The van der Waals surface area contributed by atoms with Gasteiger partial charge < -0.3 is 5.32 Å². The average molecular weight is 353 g/mol. The first-order valence-electron chi connectivity index (χ1n) is 8.67. The van der Waals surface area contributed by atoms with Crippen molar-refractivity contribution in [2.24, 2.45) is 0 Å². The van der Waals surface area contributed by atoms with Crippen molar-refractivity contribution in [1.29, 1.82) is 0 Å². The number of amides is 1. The van der Waals surface area contributed by atoms with Gasteiger partial charge in [0.2, 0.25) is 5.91 Å². The van der Waals surface area contributed by atoms with Crippen LogP contribution >= 0.6 is 0 Å². The number of nitrogens with one attached hydrogen (secondary N) is 1. The molecule has 0 fully saturated rings. The van der Waals surface area contributed by atoms with Crippen molar-refractivity contribution < 1.29 is 13.6 Å². The van der Waals surface area contributed by atoms with Gasteiger partial charge in [-0.3, -0.25) is 4.79 Å². The summed E-state index contributed by atoms with van der Waals surface area (Å²) in [6, 6.07) is 14.5. The standard InChI is InChI=1S/C22H21F2NO/c1-15(22(26)25-14-16-6-5-9-19(23)12-16)20-11-10-18(13-21(20)24)17-7-3-2-4-8-17/h2-11,13,15,19H,12,14H2,1H3,(H,25,26)/t15?,19-/m0/s1. The van der Waals surface area contributed by atoms with Crippen LogP contribution in [0.4, 0.5) is 8.78 Å². The summed E-state index contributed by atoms with van der Waals surface area (Å²) in [6.45, 7) is 1.95. The molecule has 0 bridgehead atoms. The number of halogens is 2. The van der Waals surface area contributed by atoms with Crippen LogP contribution in [-0.2, 0) is 4.79 Å². The quantitative estimate of drug-likeness (QED) is 0.811. The Bertz CT molecular complexity index is 842. The van der Waals surface area contributed by atoms with Gasteiger partial charge in [-0.15, -0.1) is 0 Å². The lowest BCUT2D eigenvalue weighted by Gasteiger charge is -2.17. The van der Waals surface area contributed by atoms with Gasteiger partial charge in [-0.1, -0.05) is 60.7 Å². The van der Waals surface area contributed by atoms with Gasteiger partial charge in [0.1, 0.15) is 12.0 Å². The largest absolute Gasteiger partial charge is 0.352 e. The van der Waals surface area contributed by atoms with E-state index in [0.717, 1.165) is 16.7 Å². The van der Waals surface area contributed by atoms with Gasteiger partial charge in [-0.05, 0) is 35.3 Å². The monoisotopic (exact) mass is 353 g/mol. The van der Waals surface area contributed by atoms with Crippen molar-refractivity contribution in [2.75, 3.05) is 6.54 Å². The Balaban J connectivity index is 1.67. The Morgan fingerprint density at radius 2 is 1.96 bits per heavy atom. The van der Waals surface area contributed by atoms with E-state index in [2.05, 4.69) is 5.32 Å². The molecule has 1 aliphatic rings. The second kappa shape index (κ2) is 8.09. The van der Waals surface area contributed by atoms with Gasteiger partial charge in [0.05, 0.1) is 5.92 Å². The molecule has 134 valence electrons. The molecule has 2 nitrogen and oxygen atoms in total. The van der Waals surface area contributed by atoms with E-state index in [1.807, 2.05) is 36.4 Å². The lowest BCUT2D eigenvalue weighted by Crippen LogP contribution is -2.30. The molecule has 2 atom stereocenters. The summed E-state index contributed by atoms with van der Waals surface area (Å²) in [7, 11) is 0. The molecule has 1 aliphatic carbocycles. The van der Waals surface area contributed by atoms with Gasteiger partial charge >= 0.3 is 0 Å². The molecular weight excluding hydrogens is 332 g/mol. The molecule has 0 aromatic heterocycles. The topological polar surface area (TPSA) is 29.1 Å². The zero-order valence-electron chi connectivity index (χ0n) is 14.6. The first kappa shape index (κ1) is 18.1. The predicted octanol–water partition coefficient (Wildman–Crippen LogP) is 4.94. The fraction of sp³-hybridized carbons (Fsp3) is 0.227. The second-order valence-electron chi connectivity index (χ2n) is 6.47. The number of alkyl halides is 1. The van der Waals surface area contributed by atoms with Crippen molar-refractivity contribution >= 4 is 5.91 Å². The summed E-state index contributed by atoms with van der Waals surface area (Å²) in [5, 5.41) is 2.77. The highest BCUT2D eigenvalue weighted by Crippen LogP contribution is 2.26. The van der Waals surface area contributed by atoms with E-state index in [-0.39, 0.29) is 18.9 Å². The maximum absolute atomic E-state index is 14.5. The molecule has 0 saturated heterocycles.